The van der Waals surface area contributed by atoms with Crippen LogP contribution in [0.5, 0.6) is 0 Å². The van der Waals surface area contributed by atoms with E-state index in [1.54, 1.807) is 17.9 Å². The molecular weight excluding hydrogens is 322 g/mol. The van der Waals surface area contributed by atoms with Gasteiger partial charge in [-0.05, 0) is 19.8 Å². The van der Waals surface area contributed by atoms with E-state index in [1.807, 2.05) is 12.2 Å². The Bertz CT molecular complexity index is 766. The van der Waals surface area contributed by atoms with Crippen LogP contribution in [-0.4, -0.2) is 41.3 Å². The van der Waals surface area contributed by atoms with Gasteiger partial charge in [0.1, 0.15) is 11.4 Å². The Morgan fingerprint density at radius 3 is 2.92 bits per heavy atom. The first-order valence-electron chi connectivity index (χ1n) is 9.00. The maximum atomic E-state index is 13.1. The molecule has 0 radical (unpaired) electrons. The molecular formula is C18H21N3O4. The van der Waals surface area contributed by atoms with E-state index in [9.17, 15) is 9.59 Å². The first kappa shape index (κ1) is 15.1. The van der Waals surface area contributed by atoms with Gasteiger partial charge in [-0.3, -0.25) is 14.5 Å². The van der Waals surface area contributed by atoms with Gasteiger partial charge in [0.05, 0.1) is 24.5 Å². The van der Waals surface area contributed by atoms with Gasteiger partial charge in [0.25, 0.3) is 0 Å². The maximum absolute atomic E-state index is 13.1. The number of amides is 2. The molecule has 4 atom stereocenters. The van der Waals surface area contributed by atoms with Crippen LogP contribution in [0.25, 0.3) is 0 Å². The lowest BCUT2D eigenvalue weighted by atomic mass is 9.76. The van der Waals surface area contributed by atoms with Gasteiger partial charge < -0.3 is 14.6 Å². The molecule has 3 fully saturated rings. The molecule has 1 N–H and O–H groups in total. The molecule has 0 unspecified atom stereocenters. The van der Waals surface area contributed by atoms with Crippen molar-refractivity contribution in [2.75, 3.05) is 11.4 Å². The number of rotatable bonds is 3. The van der Waals surface area contributed by atoms with Crippen LogP contribution in [0.2, 0.25) is 0 Å². The quantitative estimate of drug-likeness (QED) is 0.837. The van der Waals surface area contributed by atoms with Crippen LogP contribution in [0.1, 0.15) is 31.4 Å². The number of aromatic nitrogens is 1. The molecule has 7 heteroatoms. The molecule has 25 heavy (non-hydrogen) atoms. The van der Waals surface area contributed by atoms with Crippen LogP contribution in [0.3, 0.4) is 0 Å². The van der Waals surface area contributed by atoms with Gasteiger partial charge >= 0.3 is 0 Å². The predicted molar refractivity (Wildman–Crippen MR) is 87.7 cm³/mol. The average molecular weight is 343 g/mol. The number of fused-ring (bicyclic) bond motifs is 1. The van der Waals surface area contributed by atoms with Crippen molar-refractivity contribution in [1.82, 2.24) is 10.5 Å². The Morgan fingerprint density at radius 1 is 1.40 bits per heavy atom. The van der Waals surface area contributed by atoms with Crippen molar-refractivity contribution in [1.29, 1.82) is 0 Å². The highest BCUT2D eigenvalue weighted by atomic mass is 16.5. The van der Waals surface area contributed by atoms with E-state index in [1.165, 1.54) is 0 Å². The number of hydrogen-bond donors (Lipinski definition) is 1. The summed E-state index contributed by atoms with van der Waals surface area (Å²) >= 11 is 0. The van der Waals surface area contributed by atoms with E-state index in [-0.39, 0.29) is 24.0 Å². The van der Waals surface area contributed by atoms with Gasteiger partial charge in [0.15, 0.2) is 5.82 Å². The van der Waals surface area contributed by atoms with Crippen LogP contribution in [0, 0.1) is 18.8 Å². The summed E-state index contributed by atoms with van der Waals surface area (Å²) < 4.78 is 11.2. The molecule has 1 spiro atoms. The molecule has 4 aliphatic rings. The Morgan fingerprint density at radius 2 is 2.20 bits per heavy atom. The topological polar surface area (TPSA) is 84.7 Å². The lowest BCUT2D eigenvalue weighted by Crippen LogP contribution is -2.46. The summed E-state index contributed by atoms with van der Waals surface area (Å²) in [5.41, 5.74) is -0.716. The third kappa shape index (κ3) is 2.11. The predicted octanol–water partition coefficient (Wildman–Crippen LogP) is 1.33. The molecule has 1 aromatic rings. The van der Waals surface area contributed by atoms with Crippen molar-refractivity contribution in [3.05, 3.63) is 24.0 Å². The van der Waals surface area contributed by atoms with Crippen LogP contribution < -0.4 is 10.2 Å². The zero-order chi connectivity index (χ0) is 17.2. The first-order valence-corrected chi connectivity index (χ1v) is 9.00. The lowest BCUT2D eigenvalue weighted by Gasteiger charge is -2.24. The second kappa shape index (κ2) is 5.17. The van der Waals surface area contributed by atoms with Crippen LogP contribution >= 0.6 is 0 Å². The number of anilines is 1. The fourth-order valence-electron chi connectivity index (χ4n) is 4.84. The molecule has 0 aromatic carbocycles. The van der Waals surface area contributed by atoms with Crippen molar-refractivity contribution in [3.8, 4) is 0 Å². The third-order valence-corrected chi connectivity index (χ3v) is 6.00. The summed E-state index contributed by atoms with van der Waals surface area (Å²) in [7, 11) is 0. The molecule has 5 rings (SSSR count). The summed E-state index contributed by atoms with van der Waals surface area (Å²) in [6.07, 6.45) is 7.92. The van der Waals surface area contributed by atoms with Gasteiger partial charge in [-0.2, -0.15) is 0 Å². The molecule has 1 saturated carbocycles. The minimum absolute atomic E-state index is 0.0559. The smallest absolute Gasteiger partial charge is 0.235 e. The van der Waals surface area contributed by atoms with E-state index >= 15 is 0 Å². The van der Waals surface area contributed by atoms with E-state index in [0.29, 0.717) is 18.1 Å². The fraction of sp³-hybridized carbons (Fsp3) is 0.611. The van der Waals surface area contributed by atoms with Crippen molar-refractivity contribution in [2.24, 2.45) is 11.8 Å². The molecule has 1 aromatic heterocycles. The summed E-state index contributed by atoms with van der Waals surface area (Å²) in [6, 6.07) is 1.97. The van der Waals surface area contributed by atoms with Crippen molar-refractivity contribution in [2.45, 2.75) is 50.4 Å². The van der Waals surface area contributed by atoms with E-state index < -0.39 is 17.4 Å². The zero-order valence-electron chi connectivity index (χ0n) is 14.1. The molecule has 2 amide bonds. The normalized spacial score (nSPS) is 36.4. The molecule has 3 aliphatic heterocycles. The van der Waals surface area contributed by atoms with Gasteiger partial charge in [0, 0.05) is 12.1 Å². The number of nitrogens with one attached hydrogen (secondary N) is 1. The number of ether oxygens (including phenoxy) is 1. The van der Waals surface area contributed by atoms with Crippen LogP contribution in [0.4, 0.5) is 5.82 Å². The summed E-state index contributed by atoms with van der Waals surface area (Å²) in [5.74, 6) is 0.0266. The highest BCUT2D eigenvalue weighted by Crippen LogP contribution is 2.52. The molecule has 1 aliphatic carbocycles. The average Bonchev–Trinajstić information content (AvgIpc) is 3.36. The molecule has 2 saturated heterocycles. The van der Waals surface area contributed by atoms with Crippen molar-refractivity contribution >= 4 is 17.6 Å². The fourth-order valence-corrected chi connectivity index (χ4v) is 4.84. The largest absolute Gasteiger partial charge is 0.360 e. The van der Waals surface area contributed by atoms with Crippen molar-refractivity contribution < 1.29 is 18.8 Å². The van der Waals surface area contributed by atoms with Gasteiger partial charge in [-0.15, -0.1) is 0 Å². The molecule has 132 valence electrons. The summed E-state index contributed by atoms with van der Waals surface area (Å²) in [4.78, 5) is 27.6. The SMILES string of the molecule is Cc1cc(N2C[C@@]34C=C[C@@H](O3)[C@H](C(=O)NC3CCCC3)[C@@H]4C2=O)no1. The van der Waals surface area contributed by atoms with E-state index in [0.717, 1.165) is 25.7 Å². The number of aryl methyl sites for hydroxylation is 1. The Kier molecular flexibility index (Phi) is 3.13. The van der Waals surface area contributed by atoms with Gasteiger partial charge in [0.2, 0.25) is 11.8 Å². The van der Waals surface area contributed by atoms with E-state index in [2.05, 4.69) is 10.5 Å². The highest BCUT2D eigenvalue weighted by molar-refractivity contribution is 6.02. The Balaban J connectivity index is 1.42. The highest BCUT2D eigenvalue weighted by Gasteiger charge is 2.67. The lowest BCUT2D eigenvalue weighted by molar-refractivity contribution is -0.132. The zero-order valence-corrected chi connectivity index (χ0v) is 14.1. The second-order valence-corrected chi connectivity index (χ2v) is 7.61. The van der Waals surface area contributed by atoms with Crippen LogP contribution in [-0.2, 0) is 14.3 Å². The van der Waals surface area contributed by atoms with Crippen LogP contribution in [0.15, 0.2) is 22.7 Å². The summed E-state index contributed by atoms with van der Waals surface area (Å²) in [5, 5.41) is 7.09. The number of carbonyl (C=O) groups is 2. The van der Waals surface area contributed by atoms with E-state index in [4.69, 9.17) is 9.26 Å². The second-order valence-electron chi connectivity index (χ2n) is 7.61. The maximum Gasteiger partial charge on any atom is 0.235 e. The monoisotopic (exact) mass is 343 g/mol. The molecule has 2 bridgehead atoms. The summed E-state index contributed by atoms with van der Waals surface area (Å²) in [6.45, 7) is 2.17. The minimum atomic E-state index is -0.716. The van der Waals surface area contributed by atoms with Crippen molar-refractivity contribution in [3.63, 3.8) is 0 Å². The number of hydrogen-bond acceptors (Lipinski definition) is 5. The first-order chi connectivity index (χ1) is 12.1. The Labute approximate surface area is 145 Å². The van der Waals surface area contributed by atoms with Gasteiger partial charge in [-0.1, -0.05) is 30.2 Å². The third-order valence-electron chi connectivity index (χ3n) is 6.00. The number of nitrogens with zero attached hydrogens (tertiary/aromatic N) is 2. The molecule has 4 heterocycles. The number of carbonyl (C=O) groups excluding carboxylic acids is 2. The minimum Gasteiger partial charge on any atom is -0.360 e. The standard InChI is InChI=1S/C18H21N3O4/c1-10-8-13(20-25-10)21-9-18-7-6-12(24-18)14(15(18)17(21)23)16(22)19-11-4-2-3-5-11/h6-8,11-12,14-15H,2-5,9H2,1H3,(H,19,22)/t12-,14+,15-,18-/m1/s1. The molecule has 7 nitrogen and oxygen atoms in total. The van der Waals surface area contributed by atoms with Gasteiger partial charge in [-0.25, -0.2) is 0 Å². The Hall–Kier alpha value is -2.15.